The Balaban J connectivity index is 2.10. The zero-order valence-corrected chi connectivity index (χ0v) is 9.57. The maximum Gasteiger partial charge on any atom is 0.289 e. The highest BCUT2D eigenvalue weighted by atomic mass is 35.5. The molecular formula is C10H13ClN2O3. The van der Waals surface area contributed by atoms with Gasteiger partial charge in [-0.05, 0) is 23.7 Å². The Kier molecular flexibility index (Phi) is 3.18. The Hall–Kier alpha value is -1.04. The van der Waals surface area contributed by atoms with Gasteiger partial charge in [0.05, 0.1) is 12.1 Å². The highest BCUT2D eigenvalue weighted by Gasteiger charge is 2.32. The number of rotatable bonds is 2. The van der Waals surface area contributed by atoms with Crippen LogP contribution < -0.4 is 5.32 Å². The van der Waals surface area contributed by atoms with Crippen LogP contribution in [-0.4, -0.2) is 48.2 Å². The molecule has 1 aromatic rings. The molecule has 16 heavy (non-hydrogen) atoms. The van der Waals surface area contributed by atoms with Gasteiger partial charge in [0.1, 0.15) is 0 Å². The van der Waals surface area contributed by atoms with Gasteiger partial charge in [-0.2, -0.15) is 0 Å². The molecule has 0 saturated carbocycles. The van der Waals surface area contributed by atoms with E-state index >= 15 is 0 Å². The lowest BCUT2D eigenvalue weighted by Crippen LogP contribution is -2.44. The predicted octanol–water partition coefficient (Wildman–Crippen LogP) is 0.338. The minimum atomic E-state index is -0.542. The molecule has 0 spiro atoms. The van der Waals surface area contributed by atoms with E-state index in [2.05, 4.69) is 5.32 Å². The Bertz CT molecular complexity index is 393. The summed E-state index contributed by atoms with van der Waals surface area (Å²) < 4.78 is 5.03. The second-order valence-corrected chi connectivity index (χ2v) is 4.19. The minimum absolute atomic E-state index is 0.182. The molecule has 2 atom stereocenters. The van der Waals surface area contributed by atoms with Gasteiger partial charge in [-0.3, -0.25) is 4.79 Å². The predicted molar refractivity (Wildman–Crippen MR) is 58.5 cm³/mol. The molecule has 1 aliphatic heterocycles. The summed E-state index contributed by atoms with van der Waals surface area (Å²) in [5.74, 6) is -0.0914. The molecule has 0 aliphatic carbocycles. The Morgan fingerprint density at radius 3 is 2.88 bits per heavy atom. The van der Waals surface area contributed by atoms with Crippen LogP contribution in [0.4, 0.5) is 0 Å². The smallest absolute Gasteiger partial charge is 0.289 e. The van der Waals surface area contributed by atoms with Crippen LogP contribution in [0.15, 0.2) is 16.5 Å². The average Bonchev–Trinajstić information content (AvgIpc) is 2.85. The first-order chi connectivity index (χ1) is 7.59. The van der Waals surface area contributed by atoms with Crippen molar-refractivity contribution in [3.63, 3.8) is 0 Å². The van der Waals surface area contributed by atoms with Gasteiger partial charge in [0, 0.05) is 20.1 Å². The van der Waals surface area contributed by atoms with Crippen LogP contribution in [0.2, 0.25) is 5.22 Å². The first-order valence-electron chi connectivity index (χ1n) is 5.01. The zero-order valence-electron chi connectivity index (χ0n) is 8.81. The number of carbonyl (C=O) groups is 1. The number of β-amino-alcohol motifs (C(OH)–C–C–N with tert-alkyl or cyclic N) is 1. The Labute approximate surface area is 98.0 Å². The third kappa shape index (κ3) is 2.07. The summed E-state index contributed by atoms with van der Waals surface area (Å²) in [4.78, 5) is 13.4. The largest absolute Gasteiger partial charge is 0.440 e. The number of aliphatic hydroxyl groups excluding tert-OH is 1. The molecular weight excluding hydrogens is 232 g/mol. The average molecular weight is 245 g/mol. The van der Waals surface area contributed by atoms with Crippen molar-refractivity contribution in [3.8, 4) is 0 Å². The van der Waals surface area contributed by atoms with E-state index in [9.17, 15) is 9.90 Å². The topological polar surface area (TPSA) is 65.7 Å². The van der Waals surface area contributed by atoms with Crippen molar-refractivity contribution in [3.05, 3.63) is 23.1 Å². The first-order valence-corrected chi connectivity index (χ1v) is 5.38. The number of amides is 1. The van der Waals surface area contributed by atoms with Crippen molar-refractivity contribution in [1.82, 2.24) is 10.2 Å². The molecule has 1 saturated heterocycles. The number of furan rings is 1. The van der Waals surface area contributed by atoms with Crippen LogP contribution in [0.3, 0.4) is 0 Å². The van der Waals surface area contributed by atoms with Gasteiger partial charge in [0.25, 0.3) is 5.91 Å². The van der Waals surface area contributed by atoms with Crippen LogP contribution in [0.1, 0.15) is 10.6 Å². The fraction of sp³-hybridized carbons (Fsp3) is 0.500. The lowest BCUT2D eigenvalue weighted by atomic mass is 10.2. The van der Waals surface area contributed by atoms with Crippen LogP contribution in [0.5, 0.6) is 0 Å². The lowest BCUT2D eigenvalue weighted by Gasteiger charge is -2.25. The minimum Gasteiger partial charge on any atom is -0.440 e. The van der Waals surface area contributed by atoms with E-state index in [1.165, 1.54) is 17.0 Å². The van der Waals surface area contributed by atoms with Crippen molar-refractivity contribution in [2.24, 2.45) is 0 Å². The zero-order chi connectivity index (χ0) is 11.7. The van der Waals surface area contributed by atoms with E-state index in [1.54, 1.807) is 7.05 Å². The number of hydrogen-bond donors (Lipinski definition) is 2. The molecule has 0 bridgehead atoms. The summed E-state index contributed by atoms with van der Waals surface area (Å²) in [6.07, 6.45) is -0.542. The quantitative estimate of drug-likeness (QED) is 0.787. The van der Waals surface area contributed by atoms with E-state index in [0.717, 1.165) is 0 Å². The lowest BCUT2D eigenvalue weighted by molar-refractivity contribution is 0.0553. The molecule has 0 aromatic carbocycles. The molecule has 2 rings (SSSR count). The SMILES string of the molecule is CN(C(=O)c1ccc(Cl)o1)C1CNCC1O. The Morgan fingerprint density at radius 1 is 1.62 bits per heavy atom. The van der Waals surface area contributed by atoms with Crippen molar-refractivity contribution >= 4 is 17.5 Å². The van der Waals surface area contributed by atoms with Gasteiger partial charge in [-0.25, -0.2) is 0 Å². The van der Waals surface area contributed by atoms with E-state index < -0.39 is 6.10 Å². The number of aliphatic hydroxyl groups is 1. The van der Waals surface area contributed by atoms with Gasteiger partial charge in [0.15, 0.2) is 11.0 Å². The van der Waals surface area contributed by atoms with Crippen LogP contribution in [0.25, 0.3) is 0 Å². The van der Waals surface area contributed by atoms with Gasteiger partial charge >= 0.3 is 0 Å². The highest BCUT2D eigenvalue weighted by molar-refractivity contribution is 6.29. The first kappa shape index (κ1) is 11.4. The summed E-state index contributed by atoms with van der Waals surface area (Å²) >= 11 is 5.60. The van der Waals surface area contributed by atoms with Crippen molar-refractivity contribution in [1.29, 1.82) is 0 Å². The highest BCUT2D eigenvalue weighted by Crippen LogP contribution is 2.17. The second-order valence-electron chi connectivity index (χ2n) is 3.81. The molecule has 1 aliphatic rings. The van der Waals surface area contributed by atoms with E-state index in [1.807, 2.05) is 0 Å². The van der Waals surface area contributed by atoms with Crippen molar-refractivity contribution in [2.45, 2.75) is 12.1 Å². The molecule has 1 amide bonds. The summed E-state index contributed by atoms with van der Waals surface area (Å²) in [6, 6.07) is 2.82. The molecule has 2 N–H and O–H groups in total. The monoisotopic (exact) mass is 244 g/mol. The van der Waals surface area contributed by atoms with Crippen molar-refractivity contribution in [2.75, 3.05) is 20.1 Å². The molecule has 2 unspecified atom stereocenters. The van der Waals surface area contributed by atoms with E-state index in [-0.39, 0.29) is 22.9 Å². The molecule has 1 fully saturated rings. The summed E-state index contributed by atoms with van der Waals surface area (Å²) in [5, 5.41) is 12.8. The normalized spacial score (nSPS) is 24.7. The number of halogens is 1. The van der Waals surface area contributed by atoms with Gasteiger partial charge < -0.3 is 19.7 Å². The van der Waals surface area contributed by atoms with Crippen LogP contribution in [-0.2, 0) is 0 Å². The molecule has 0 radical (unpaired) electrons. The fourth-order valence-electron chi connectivity index (χ4n) is 1.80. The maximum absolute atomic E-state index is 11.9. The number of hydrogen-bond acceptors (Lipinski definition) is 4. The summed E-state index contributed by atoms with van der Waals surface area (Å²) in [5.41, 5.74) is 0. The van der Waals surface area contributed by atoms with Crippen LogP contribution >= 0.6 is 11.6 Å². The second kappa shape index (κ2) is 4.45. The third-order valence-corrected chi connectivity index (χ3v) is 2.96. The molecule has 1 aromatic heterocycles. The molecule has 2 heterocycles. The summed E-state index contributed by atoms with van der Waals surface area (Å²) in [7, 11) is 1.64. The number of nitrogens with one attached hydrogen (secondary N) is 1. The van der Waals surface area contributed by atoms with E-state index in [0.29, 0.717) is 13.1 Å². The molecule has 5 nitrogen and oxygen atoms in total. The number of likely N-dealkylation sites (N-methyl/N-ethyl adjacent to an activating group) is 1. The maximum atomic E-state index is 11.9. The van der Waals surface area contributed by atoms with Crippen LogP contribution in [0, 0.1) is 0 Å². The van der Waals surface area contributed by atoms with Crippen molar-refractivity contribution < 1.29 is 14.3 Å². The summed E-state index contributed by atoms with van der Waals surface area (Å²) in [6.45, 7) is 1.08. The standard InChI is InChI=1S/C10H13ClN2O3/c1-13(6-4-12-5-7(6)14)10(15)8-2-3-9(11)16-8/h2-3,6-7,12,14H,4-5H2,1H3. The van der Waals surface area contributed by atoms with Gasteiger partial charge in [0.2, 0.25) is 0 Å². The van der Waals surface area contributed by atoms with E-state index in [4.69, 9.17) is 16.0 Å². The van der Waals surface area contributed by atoms with Gasteiger partial charge in [-0.15, -0.1) is 0 Å². The number of carbonyl (C=O) groups excluding carboxylic acids is 1. The third-order valence-electron chi connectivity index (χ3n) is 2.75. The Morgan fingerprint density at radius 2 is 2.38 bits per heavy atom. The number of nitrogens with zero attached hydrogens (tertiary/aromatic N) is 1. The van der Waals surface area contributed by atoms with Gasteiger partial charge in [-0.1, -0.05) is 0 Å². The fourth-order valence-corrected chi connectivity index (χ4v) is 1.95. The molecule has 6 heteroatoms. The molecule has 88 valence electrons.